The van der Waals surface area contributed by atoms with E-state index in [0.29, 0.717) is 44.1 Å². The van der Waals surface area contributed by atoms with Crippen LogP contribution in [0.15, 0.2) is 71.7 Å². The molecule has 1 aliphatic rings. The van der Waals surface area contributed by atoms with E-state index in [9.17, 15) is 9.90 Å². The van der Waals surface area contributed by atoms with Gasteiger partial charge in [0.1, 0.15) is 23.4 Å². The second kappa shape index (κ2) is 9.57. The number of aliphatic carboxylic acids is 1. The van der Waals surface area contributed by atoms with Gasteiger partial charge in [-0.1, -0.05) is 47.5 Å². The van der Waals surface area contributed by atoms with Crippen LogP contribution in [0.1, 0.15) is 36.6 Å². The Morgan fingerprint density at radius 3 is 2.21 bits per heavy atom. The van der Waals surface area contributed by atoms with Crippen LogP contribution in [0, 0.1) is 0 Å². The highest BCUT2D eigenvalue weighted by Crippen LogP contribution is 2.44. The van der Waals surface area contributed by atoms with Gasteiger partial charge in [0.15, 0.2) is 5.54 Å². The van der Waals surface area contributed by atoms with Gasteiger partial charge in [-0.3, -0.25) is 4.99 Å². The lowest BCUT2D eigenvalue weighted by Gasteiger charge is -2.31. The number of carboxylic acids is 1. The highest BCUT2D eigenvalue weighted by Gasteiger charge is 2.53. The first-order chi connectivity index (χ1) is 16.2. The van der Waals surface area contributed by atoms with Crippen molar-refractivity contribution in [3.8, 4) is 11.5 Å². The maximum absolute atomic E-state index is 13.0. The van der Waals surface area contributed by atoms with Gasteiger partial charge in [-0.25, -0.2) is 4.79 Å². The SMILES string of the molecule is COc1ccc(C2=N[C@@H](c3ccc(Cl)cc3)[C@@](C(=O)O)(c3ccc(Cl)cc3)N2)c(OC(C)C)c1. The molecular formula is C26H24Cl2N2O4. The minimum atomic E-state index is -1.58. The van der Waals surface area contributed by atoms with Gasteiger partial charge in [-0.05, 0) is 61.4 Å². The Morgan fingerprint density at radius 1 is 1.03 bits per heavy atom. The third-order valence-corrected chi connectivity index (χ3v) is 6.12. The monoisotopic (exact) mass is 498 g/mol. The summed E-state index contributed by atoms with van der Waals surface area (Å²) in [7, 11) is 1.58. The molecule has 1 heterocycles. The van der Waals surface area contributed by atoms with Crippen LogP contribution < -0.4 is 14.8 Å². The molecule has 0 aromatic heterocycles. The number of rotatable bonds is 7. The third kappa shape index (κ3) is 4.43. The highest BCUT2D eigenvalue weighted by atomic mass is 35.5. The Bertz CT molecular complexity index is 1230. The maximum atomic E-state index is 13.0. The van der Waals surface area contributed by atoms with Crippen molar-refractivity contribution < 1.29 is 19.4 Å². The van der Waals surface area contributed by atoms with E-state index in [-0.39, 0.29) is 6.10 Å². The summed E-state index contributed by atoms with van der Waals surface area (Å²) >= 11 is 12.2. The molecule has 0 fully saturated rings. The molecule has 0 aliphatic carbocycles. The van der Waals surface area contributed by atoms with E-state index in [4.69, 9.17) is 37.7 Å². The number of halogens is 2. The summed E-state index contributed by atoms with van der Waals surface area (Å²) in [6.07, 6.45) is -0.111. The quantitative estimate of drug-likeness (QED) is 0.426. The van der Waals surface area contributed by atoms with Gasteiger partial charge in [-0.15, -0.1) is 0 Å². The Kier molecular flexibility index (Phi) is 6.73. The van der Waals surface area contributed by atoms with Gasteiger partial charge in [0.2, 0.25) is 0 Å². The molecule has 8 heteroatoms. The van der Waals surface area contributed by atoms with E-state index >= 15 is 0 Å². The van der Waals surface area contributed by atoms with Crippen LogP contribution in [-0.2, 0) is 10.3 Å². The zero-order valence-electron chi connectivity index (χ0n) is 18.9. The van der Waals surface area contributed by atoms with Crippen molar-refractivity contribution in [1.82, 2.24) is 5.32 Å². The second-order valence-corrected chi connectivity index (χ2v) is 9.08. The first-order valence-corrected chi connectivity index (χ1v) is 11.5. The van der Waals surface area contributed by atoms with Crippen LogP contribution in [0.2, 0.25) is 10.0 Å². The minimum Gasteiger partial charge on any atom is -0.497 e. The first-order valence-electron chi connectivity index (χ1n) is 10.7. The molecule has 0 spiro atoms. The van der Waals surface area contributed by atoms with Crippen molar-refractivity contribution >= 4 is 35.0 Å². The van der Waals surface area contributed by atoms with Gasteiger partial charge in [0.05, 0.1) is 18.8 Å². The number of nitrogens with zero attached hydrogens (tertiary/aromatic N) is 1. The lowest BCUT2D eigenvalue weighted by Crippen LogP contribution is -2.51. The number of benzene rings is 3. The van der Waals surface area contributed by atoms with Crippen molar-refractivity contribution in [3.05, 3.63) is 93.5 Å². The van der Waals surface area contributed by atoms with Gasteiger partial charge < -0.3 is 19.9 Å². The molecule has 0 amide bonds. The number of methoxy groups -OCH3 is 1. The maximum Gasteiger partial charge on any atom is 0.336 e. The van der Waals surface area contributed by atoms with Crippen LogP contribution in [0.5, 0.6) is 11.5 Å². The van der Waals surface area contributed by atoms with Crippen molar-refractivity contribution in [2.45, 2.75) is 31.5 Å². The molecule has 3 aromatic carbocycles. The van der Waals surface area contributed by atoms with Crippen LogP contribution in [-0.4, -0.2) is 30.1 Å². The van der Waals surface area contributed by atoms with Crippen LogP contribution in [0.25, 0.3) is 0 Å². The zero-order chi connectivity index (χ0) is 24.5. The Balaban J connectivity index is 1.91. The van der Waals surface area contributed by atoms with E-state index in [2.05, 4.69) is 5.32 Å². The number of hydrogen-bond donors (Lipinski definition) is 2. The average molecular weight is 499 g/mol. The Labute approximate surface area is 208 Å². The van der Waals surface area contributed by atoms with Crippen molar-refractivity contribution in [2.75, 3.05) is 7.11 Å². The lowest BCUT2D eigenvalue weighted by molar-refractivity contribution is -0.145. The van der Waals surface area contributed by atoms with Crippen LogP contribution in [0.3, 0.4) is 0 Å². The molecule has 0 saturated heterocycles. The summed E-state index contributed by atoms with van der Waals surface area (Å²) in [5.41, 5.74) is 0.264. The fourth-order valence-electron chi connectivity index (χ4n) is 4.03. The zero-order valence-corrected chi connectivity index (χ0v) is 20.4. The molecule has 6 nitrogen and oxygen atoms in total. The molecule has 176 valence electrons. The van der Waals surface area contributed by atoms with Crippen LogP contribution in [0.4, 0.5) is 0 Å². The molecule has 4 rings (SSSR count). The van der Waals surface area contributed by atoms with E-state index in [1.165, 1.54) is 0 Å². The topological polar surface area (TPSA) is 80.2 Å². The van der Waals surface area contributed by atoms with Crippen molar-refractivity contribution in [2.24, 2.45) is 4.99 Å². The van der Waals surface area contributed by atoms with Crippen molar-refractivity contribution in [1.29, 1.82) is 0 Å². The highest BCUT2D eigenvalue weighted by molar-refractivity contribution is 6.30. The summed E-state index contributed by atoms with van der Waals surface area (Å²) in [6.45, 7) is 3.83. The van der Waals surface area contributed by atoms with Gasteiger partial charge in [0, 0.05) is 16.1 Å². The second-order valence-electron chi connectivity index (χ2n) is 8.21. The summed E-state index contributed by atoms with van der Waals surface area (Å²) in [6, 6.07) is 18.3. The molecule has 2 atom stereocenters. The largest absolute Gasteiger partial charge is 0.497 e. The standard InChI is InChI=1S/C26H24Cl2N2O4/c1-15(2)34-22-14-20(33-3)12-13-21(22)24-29-23(16-4-8-18(27)9-5-16)26(30-24,25(31)32)17-6-10-19(28)11-7-17/h4-15,23H,1-3H3,(H,29,30)(H,31,32)/t23-,26+/m0/s1. The number of carboxylic acid groups (broad SMARTS) is 1. The van der Waals surface area contributed by atoms with Gasteiger partial charge >= 0.3 is 5.97 Å². The number of ether oxygens (including phenoxy) is 2. The first kappa shape index (κ1) is 23.9. The molecule has 1 aliphatic heterocycles. The number of amidine groups is 1. The predicted octanol–water partition coefficient (Wildman–Crippen LogP) is 5.86. The third-order valence-electron chi connectivity index (χ3n) is 5.61. The van der Waals surface area contributed by atoms with E-state index in [0.717, 1.165) is 0 Å². The molecule has 0 saturated carbocycles. The number of hydrogen-bond acceptors (Lipinski definition) is 5. The summed E-state index contributed by atoms with van der Waals surface area (Å²) in [5, 5.41) is 14.9. The van der Waals surface area contributed by atoms with E-state index < -0.39 is 17.6 Å². The normalized spacial score (nSPS) is 19.5. The lowest BCUT2D eigenvalue weighted by atomic mass is 9.80. The van der Waals surface area contributed by atoms with Crippen molar-refractivity contribution in [3.63, 3.8) is 0 Å². The van der Waals surface area contributed by atoms with Gasteiger partial charge in [-0.2, -0.15) is 0 Å². The fraction of sp³-hybridized carbons (Fsp3) is 0.231. The predicted molar refractivity (Wildman–Crippen MR) is 133 cm³/mol. The number of nitrogens with one attached hydrogen (secondary N) is 1. The Morgan fingerprint density at radius 2 is 1.65 bits per heavy atom. The minimum absolute atomic E-state index is 0.111. The molecule has 0 radical (unpaired) electrons. The molecule has 0 unspecified atom stereocenters. The van der Waals surface area contributed by atoms with Crippen LogP contribution >= 0.6 is 23.2 Å². The molecule has 3 aromatic rings. The van der Waals surface area contributed by atoms with E-state index in [1.807, 2.05) is 13.8 Å². The number of carbonyl (C=O) groups is 1. The Hall–Kier alpha value is -3.22. The molecule has 34 heavy (non-hydrogen) atoms. The fourth-order valence-corrected chi connectivity index (χ4v) is 4.29. The average Bonchev–Trinajstić information content (AvgIpc) is 3.21. The summed E-state index contributed by atoms with van der Waals surface area (Å²) in [5.74, 6) is 0.478. The number of aliphatic imine (C=N–C) groups is 1. The smallest absolute Gasteiger partial charge is 0.336 e. The van der Waals surface area contributed by atoms with Gasteiger partial charge in [0.25, 0.3) is 0 Å². The summed E-state index contributed by atoms with van der Waals surface area (Å²) in [4.78, 5) is 17.8. The molecular weight excluding hydrogens is 475 g/mol. The summed E-state index contributed by atoms with van der Waals surface area (Å²) < 4.78 is 11.4. The van der Waals surface area contributed by atoms with E-state index in [1.54, 1.807) is 73.8 Å². The molecule has 0 bridgehead atoms. The molecule has 2 N–H and O–H groups in total.